The molecule has 4 rings (SSSR count). The second kappa shape index (κ2) is 6.26. The molecule has 5 nitrogen and oxygen atoms in total. The van der Waals surface area contributed by atoms with E-state index >= 15 is 0 Å². The Balaban J connectivity index is 1.53. The lowest BCUT2D eigenvalue weighted by Gasteiger charge is -2.26. The number of fused-ring (bicyclic) bond motifs is 3. The van der Waals surface area contributed by atoms with Gasteiger partial charge >= 0.3 is 0 Å². The highest BCUT2D eigenvalue weighted by atomic mass is 16.5. The molecule has 1 fully saturated rings. The number of para-hydroxylation sites is 1. The van der Waals surface area contributed by atoms with Crippen LogP contribution in [0.3, 0.4) is 0 Å². The first-order valence-electron chi connectivity index (χ1n) is 8.34. The molecule has 1 aromatic rings. The first-order chi connectivity index (χ1) is 11.3. The Morgan fingerprint density at radius 3 is 2.83 bits per heavy atom. The monoisotopic (exact) mass is 310 g/mol. The van der Waals surface area contributed by atoms with E-state index in [4.69, 9.17) is 14.8 Å². The van der Waals surface area contributed by atoms with Gasteiger partial charge in [0, 0.05) is 43.3 Å². The molecular formula is C18H22N4O. The zero-order valence-corrected chi connectivity index (χ0v) is 13.5. The van der Waals surface area contributed by atoms with Crippen LogP contribution >= 0.6 is 0 Å². The number of ether oxygens (including phenoxy) is 1. The molecule has 120 valence electrons. The van der Waals surface area contributed by atoms with Crippen molar-refractivity contribution in [3.05, 3.63) is 36.2 Å². The highest BCUT2D eigenvalue weighted by molar-refractivity contribution is 5.97. The number of benzene rings is 1. The van der Waals surface area contributed by atoms with Crippen molar-refractivity contribution in [3.63, 3.8) is 0 Å². The predicted molar refractivity (Wildman–Crippen MR) is 90.8 cm³/mol. The SMILES string of the molecule is Cc1nn(CCCN2CCOCC2)cc2c3ccccc3nc1-2. The van der Waals surface area contributed by atoms with Crippen LogP contribution < -0.4 is 0 Å². The molecule has 0 amide bonds. The van der Waals surface area contributed by atoms with Crippen molar-refractivity contribution in [1.82, 2.24) is 19.7 Å². The molecule has 5 heteroatoms. The van der Waals surface area contributed by atoms with Crippen molar-refractivity contribution in [3.8, 4) is 11.3 Å². The molecule has 0 atom stereocenters. The van der Waals surface area contributed by atoms with Crippen LogP contribution in [0.25, 0.3) is 22.2 Å². The van der Waals surface area contributed by atoms with E-state index in [1.165, 1.54) is 10.9 Å². The van der Waals surface area contributed by atoms with Gasteiger partial charge in [0.15, 0.2) is 0 Å². The van der Waals surface area contributed by atoms with Crippen LogP contribution in [-0.2, 0) is 11.3 Å². The molecule has 0 aromatic heterocycles. The van der Waals surface area contributed by atoms with E-state index in [-0.39, 0.29) is 0 Å². The summed E-state index contributed by atoms with van der Waals surface area (Å²) in [7, 11) is 0. The molecule has 0 spiro atoms. The van der Waals surface area contributed by atoms with Crippen LogP contribution in [0.4, 0.5) is 0 Å². The minimum absolute atomic E-state index is 0.863. The first-order valence-corrected chi connectivity index (χ1v) is 8.34. The summed E-state index contributed by atoms with van der Waals surface area (Å²) >= 11 is 0. The third kappa shape index (κ3) is 2.94. The number of hydrogen-bond acceptors (Lipinski definition) is 4. The van der Waals surface area contributed by atoms with Crippen LogP contribution in [0.5, 0.6) is 0 Å². The summed E-state index contributed by atoms with van der Waals surface area (Å²) in [6, 6.07) is 8.31. The van der Waals surface area contributed by atoms with Gasteiger partial charge in [0.1, 0.15) is 0 Å². The molecule has 23 heavy (non-hydrogen) atoms. The van der Waals surface area contributed by atoms with Crippen molar-refractivity contribution < 1.29 is 4.74 Å². The third-order valence-electron chi connectivity index (χ3n) is 4.55. The summed E-state index contributed by atoms with van der Waals surface area (Å²) in [5.74, 6) is 0. The van der Waals surface area contributed by atoms with Gasteiger partial charge in [-0.15, -0.1) is 0 Å². The van der Waals surface area contributed by atoms with E-state index in [1.807, 2.05) is 13.0 Å². The highest BCUT2D eigenvalue weighted by Gasteiger charge is 2.16. The number of rotatable bonds is 4. The highest BCUT2D eigenvalue weighted by Crippen LogP contribution is 2.31. The Morgan fingerprint density at radius 2 is 1.96 bits per heavy atom. The largest absolute Gasteiger partial charge is 0.379 e. The topological polar surface area (TPSA) is 43.2 Å². The lowest BCUT2D eigenvalue weighted by Crippen LogP contribution is -2.37. The van der Waals surface area contributed by atoms with Crippen molar-refractivity contribution in [2.24, 2.45) is 0 Å². The van der Waals surface area contributed by atoms with E-state index in [9.17, 15) is 0 Å². The van der Waals surface area contributed by atoms with Gasteiger partial charge in [0.25, 0.3) is 0 Å². The molecule has 3 heterocycles. The van der Waals surface area contributed by atoms with Crippen molar-refractivity contribution >= 4 is 10.9 Å². The molecule has 0 bridgehead atoms. The van der Waals surface area contributed by atoms with Crippen LogP contribution in [0.1, 0.15) is 12.1 Å². The van der Waals surface area contributed by atoms with Crippen LogP contribution in [0.15, 0.2) is 30.5 Å². The number of nitrogens with zero attached hydrogens (tertiary/aromatic N) is 4. The molecular weight excluding hydrogens is 288 g/mol. The molecule has 0 saturated carbocycles. The zero-order chi connectivity index (χ0) is 15.6. The third-order valence-corrected chi connectivity index (χ3v) is 4.55. The first kappa shape index (κ1) is 14.6. The Hall–Kier alpha value is -1.98. The van der Waals surface area contributed by atoms with Gasteiger partial charge in [-0.05, 0) is 19.4 Å². The number of morpholine rings is 1. The maximum Gasteiger partial charge on any atom is 0.0961 e. The Labute approximate surface area is 136 Å². The maximum atomic E-state index is 5.39. The summed E-state index contributed by atoms with van der Waals surface area (Å²) < 4.78 is 7.47. The van der Waals surface area contributed by atoms with Gasteiger partial charge < -0.3 is 4.74 Å². The molecule has 3 aliphatic heterocycles. The van der Waals surface area contributed by atoms with Crippen molar-refractivity contribution in [2.75, 3.05) is 32.8 Å². The normalized spacial score (nSPS) is 16.4. The minimum Gasteiger partial charge on any atom is -0.379 e. The van der Waals surface area contributed by atoms with Gasteiger partial charge in [0.05, 0.1) is 30.1 Å². The Kier molecular flexibility index (Phi) is 3.97. The average Bonchev–Trinajstić information content (AvgIpc) is 2.96. The van der Waals surface area contributed by atoms with Gasteiger partial charge in [-0.2, -0.15) is 5.10 Å². The second-order valence-electron chi connectivity index (χ2n) is 6.18. The van der Waals surface area contributed by atoms with Gasteiger partial charge in [-0.3, -0.25) is 9.58 Å². The van der Waals surface area contributed by atoms with Crippen LogP contribution in [0.2, 0.25) is 0 Å². The molecule has 0 aliphatic carbocycles. The fourth-order valence-corrected chi connectivity index (χ4v) is 3.33. The van der Waals surface area contributed by atoms with Crippen molar-refractivity contribution in [2.45, 2.75) is 19.9 Å². The maximum absolute atomic E-state index is 5.39. The Bertz CT molecular complexity index is 776. The van der Waals surface area contributed by atoms with Gasteiger partial charge in [-0.1, -0.05) is 18.2 Å². The fraction of sp³-hybridized carbons (Fsp3) is 0.444. The van der Waals surface area contributed by atoms with Crippen LogP contribution in [0, 0.1) is 6.92 Å². The second-order valence-corrected chi connectivity index (χ2v) is 6.18. The molecule has 1 saturated heterocycles. The van der Waals surface area contributed by atoms with E-state index < -0.39 is 0 Å². The number of aryl methyl sites for hydroxylation is 2. The smallest absolute Gasteiger partial charge is 0.0961 e. The summed E-state index contributed by atoms with van der Waals surface area (Å²) in [6.07, 6.45) is 3.26. The average molecular weight is 310 g/mol. The van der Waals surface area contributed by atoms with Gasteiger partial charge in [0.2, 0.25) is 0 Å². The van der Waals surface area contributed by atoms with E-state index in [1.54, 1.807) is 0 Å². The minimum atomic E-state index is 0.863. The quantitative estimate of drug-likeness (QED) is 0.743. The summed E-state index contributed by atoms with van der Waals surface area (Å²) in [4.78, 5) is 7.18. The van der Waals surface area contributed by atoms with Gasteiger partial charge in [-0.25, -0.2) is 4.98 Å². The predicted octanol–water partition coefficient (Wildman–Crippen LogP) is 2.57. The molecule has 1 aromatic carbocycles. The zero-order valence-electron chi connectivity index (χ0n) is 13.5. The Morgan fingerprint density at radius 1 is 1.13 bits per heavy atom. The fourth-order valence-electron chi connectivity index (χ4n) is 3.33. The van der Waals surface area contributed by atoms with E-state index in [2.05, 4.69) is 34.0 Å². The summed E-state index contributed by atoms with van der Waals surface area (Å²) in [5, 5.41) is 5.91. The van der Waals surface area contributed by atoms with Crippen LogP contribution in [-0.4, -0.2) is 52.5 Å². The molecule has 0 N–H and O–H groups in total. The van der Waals surface area contributed by atoms with E-state index in [0.717, 1.165) is 62.7 Å². The molecule has 0 radical (unpaired) electrons. The lowest BCUT2D eigenvalue weighted by molar-refractivity contribution is 0.0368. The lowest BCUT2D eigenvalue weighted by atomic mass is 10.1. The number of hydrogen-bond donors (Lipinski definition) is 0. The van der Waals surface area contributed by atoms with Crippen molar-refractivity contribution in [1.29, 1.82) is 0 Å². The van der Waals surface area contributed by atoms with E-state index in [0.29, 0.717) is 0 Å². The molecule has 3 aliphatic rings. The summed E-state index contributed by atoms with van der Waals surface area (Å²) in [6.45, 7) is 7.92. The number of aromatic nitrogens is 3. The standard InChI is InChI=1S/C18H22N4O/c1-14-18-16(15-5-2-3-6-17(15)19-18)13-22(20-14)8-4-7-21-9-11-23-12-10-21/h2-3,5-6,13H,4,7-12H2,1H3. The molecule has 0 unspecified atom stereocenters. The summed E-state index contributed by atoms with van der Waals surface area (Å²) in [5.41, 5.74) is 4.29.